The molecule has 0 saturated heterocycles. The number of halogens is 1. The largest absolute Gasteiger partial charge is 0.310 e. The fourth-order valence-electron chi connectivity index (χ4n) is 8.27. The number of nitrogens with zero attached hydrogens (tertiary/aromatic N) is 5. The Bertz CT molecular complexity index is 2750. The molecule has 0 radical (unpaired) electrons. The van der Waals surface area contributed by atoms with Crippen LogP contribution in [-0.2, 0) is 5.41 Å². The zero-order chi connectivity index (χ0) is 36.6. The van der Waals surface area contributed by atoms with Gasteiger partial charge in [-0.25, -0.2) is 14.4 Å². The number of thiocyanates is 2. The summed E-state index contributed by atoms with van der Waals surface area (Å²) in [5, 5.41) is 25.0. The van der Waals surface area contributed by atoms with Gasteiger partial charge in [-0.2, -0.15) is 10.5 Å². The van der Waals surface area contributed by atoms with Crippen LogP contribution in [0.3, 0.4) is 0 Å². The van der Waals surface area contributed by atoms with Crippen molar-refractivity contribution in [1.29, 1.82) is 10.5 Å². The van der Waals surface area contributed by atoms with E-state index in [4.69, 9.17) is 4.98 Å². The molecular formula is C45H30FN5S2. The number of rotatable bonds is 5. The lowest BCUT2D eigenvalue weighted by Crippen LogP contribution is -2.30. The van der Waals surface area contributed by atoms with E-state index in [1.54, 1.807) is 6.07 Å². The monoisotopic (exact) mass is 723 g/mol. The van der Waals surface area contributed by atoms with Crippen LogP contribution >= 0.6 is 23.5 Å². The molecule has 0 saturated carbocycles. The van der Waals surface area contributed by atoms with Gasteiger partial charge in [0, 0.05) is 51.1 Å². The van der Waals surface area contributed by atoms with Crippen molar-refractivity contribution in [3.8, 4) is 55.6 Å². The lowest BCUT2D eigenvalue weighted by Gasteiger charge is -2.42. The molecule has 53 heavy (non-hydrogen) atoms. The molecule has 8 heteroatoms. The molecule has 0 N–H and O–H groups in total. The van der Waals surface area contributed by atoms with Gasteiger partial charge in [-0.1, -0.05) is 92.7 Å². The molecule has 7 aromatic rings. The molecule has 1 aliphatic carbocycles. The van der Waals surface area contributed by atoms with E-state index in [-0.39, 0.29) is 5.41 Å². The molecule has 5 nitrogen and oxygen atoms in total. The van der Waals surface area contributed by atoms with Crippen molar-refractivity contribution >= 4 is 51.4 Å². The summed E-state index contributed by atoms with van der Waals surface area (Å²) in [6.45, 7) is 8.87. The smallest absolute Gasteiger partial charge is 0.145 e. The van der Waals surface area contributed by atoms with E-state index in [0.717, 1.165) is 78.9 Å². The Morgan fingerprint density at radius 1 is 0.642 bits per heavy atom. The summed E-state index contributed by atoms with van der Waals surface area (Å²) in [5.41, 5.74) is 14.2. The van der Waals surface area contributed by atoms with Gasteiger partial charge in [-0.15, -0.1) is 0 Å². The lowest BCUT2D eigenvalue weighted by atomic mass is 9.73. The van der Waals surface area contributed by atoms with Gasteiger partial charge >= 0.3 is 0 Å². The highest BCUT2D eigenvalue weighted by Crippen LogP contribution is 2.53. The highest BCUT2D eigenvalue weighted by atomic mass is 32.2. The number of thioether (sulfide) groups is 2. The number of aromatic nitrogens is 2. The molecule has 0 unspecified atom stereocenters. The van der Waals surface area contributed by atoms with Gasteiger partial charge in [0.1, 0.15) is 32.4 Å². The minimum Gasteiger partial charge on any atom is -0.310 e. The predicted molar refractivity (Wildman–Crippen MR) is 214 cm³/mol. The Kier molecular flexibility index (Phi) is 7.67. The number of hydrogen-bond donors (Lipinski definition) is 0. The van der Waals surface area contributed by atoms with Gasteiger partial charge in [0.05, 0.1) is 17.1 Å². The molecule has 0 spiro atoms. The quantitative estimate of drug-likeness (QED) is 0.129. The molecule has 0 amide bonds. The lowest BCUT2D eigenvalue weighted by molar-refractivity contribution is 0.632. The van der Waals surface area contributed by atoms with Gasteiger partial charge in [-0.05, 0) is 94.1 Å². The van der Waals surface area contributed by atoms with Crippen LogP contribution < -0.4 is 4.90 Å². The topological polar surface area (TPSA) is 76.6 Å². The molecule has 0 bridgehead atoms. The summed E-state index contributed by atoms with van der Waals surface area (Å²) in [5.74, 6) is -0.404. The number of aryl methyl sites for hydroxylation is 2. The third kappa shape index (κ3) is 4.98. The summed E-state index contributed by atoms with van der Waals surface area (Å²) in [4.78, 5) is 11.8. The summed E-state index contributed by atoms with van der Waals surface area (Å²) < 4.78 is 16.3. The van der Waals surface area contributed by atoms with Crippen molar-refractivity contribution < 1.29 is 4.39 Å². The van der Waals surface area contributed by atoms with Crippen molar-refractivity contribution in [1.82, 2.24) is 9.97 Å². The third-order valence-corrected chi connectivity index (χ3v) is 11.9. The van der Waals surface area contributed by atoms with Crippen molar-refractivity contribution in [3.63, 3.8) is 0 Å². The van der Waals surface area contributed by atoms with Crippen LogP contribution in [0.2, 0.25) is 0 Å². The number of para-hydroxylation sites is 2. The summed E-state index contributed by atoms with van der Waals surface area (Å²) in [7, 11) is 0. The third-order valence-electron chi connectivity index (χ3n) is 10.7. The number of anilines is 3. The average Bonchev–Trinajstić information content (AvgIpc) is 3.48. The van der Waals surface area contributed by atoms with E-state index in [1.807, 2.05) is 29.0 Å². The maximum atomic E-state index is 16.3. The highest BCUT2D eigenvalue weighted by Gasteiger charge is 2.36. The van der Waals surface area contributed by atoms with E-state index in [1.165, 1.54) is 22.5 Å². The fourth-order valence-corrected chi connectivity index (χ4v) is 9.23. The maximum Gasteiger partial charge on any atom is 0.145 e. The molecule has 6 aromatic carbocycles. The van der Waals surface area contributed by atoms with Gasteiger partial charge in [0.25, 0.3) is 0 Å². The molecule has 1 aromatic heterocycles. The van der Waals surface area contributed by atoms with Crippen LogP contribution in [0.4, 0.5) is 21.5 Å². The van der Waals surface area contributed by atoms with Crippen LogP contribution in [0.1, 0.15) is 36.1 Å². The molecule has 2 heterocycles. The minimum atomic E-state index is -0.404. The molecule has 1 aliphatic heterocycles. The molecule has 2 aliphatic rings. The van der Waals surface area contributed by atoms with E-state index in [2.05, 4.69) is 123 Å². The molecule has 254 valence electrons. The first kappa shape index (κ1) is 32.9. The number of hydrogen-bond acceptors (Lipinski definition) is 7. The Labute approximate surface area is 315 Å². The Hall–Kier alpha value is -5.93. The Morgan fingerprint density at radius 3 is 1.87 bits per heavy atom. The van der Waals surface area contributed by atoms with Crippen LogP contribution in [0.15, 0.2) is 119 Å². The maximum absolute atomic E-state index is 16.3. The van der Waals surface area contributed by atoms with E-state index >= 15 is 4.39 Å². The number of nitriles is 2. The van der Waals surface area contributed by atoms with Gasteiger partial charge in [0.15, 0.2) is 0 Å². The van der Waals surface area contributed by atoms with Crippen molar-refractivity contribution in [3.05, 3.63) is 137 Å². The van der Waals surface area contributed by atoms with Crippen LogP contribution in [-0.4, -0.2) is 9.97 Å². The summed E-state index contributed by atoms with van der Waals surface area (Å²) >= 11 is 1.67. The first-order valence-electron chi connectivity index (χ1n) is 17.2. The first-order valence-corrected chi connectivity index (χ1v) is 18.9. The van der Waals surface area contributed by atoms with Crippen LogP contribution in [0.5, 0.6) is 0 Å². The van der Waals surface area contributed by atoms with Crippen molar-refractivity contribution in [2.24, 2.45) is 0 Å². The fraction of sp³-hybridized carbons (Fsp3) is 0.111. The standard InChI is InChI=1S/C45H30FN5S2/c1-25-20-27(33-22-36(46)40-39-31(33)10-9-11-32(39)41-42(40)50-44(53-24-48)43(49-41)52-23-47)16-18-29(25)30-19-17-28(21-26(30)2)51-37-14-7-5-12-34(37)45(3,4)35-13-6-8-15-38(35)51/h5-22H,1-4H3. The van der Waals surface area contributed by atoms with Gasteiger partial charge < -0.3 is 4.90 Å². The number of benzene rings is 6. The first-order chi connectivity index (χ1) is 25.7. The molecule has 0 fully saturated rings. The Balaban J connectivity index is 1.11. The van der Waals surface area contributed by atoms with E-state index in [9.17, 15) is 10.5 Å². The zero-order valence-corrected chi connectivity index (χ0v) is 31.0. The van der Waals surface area contributed by atoms with Crippen molar-refractivity contribution in [2.75, 3.05) is 4.90 Å². The zero-order valence-electron chi connectivity index (χ0n) is 29.3. The van der Waals surface area contributed by atoms with Crippen molar-refractivity contribution in [2.45, 2.75) is 43.2 Å². The second-order valence-corrected chi connectivity index (χ2v) is 15.5. The molecule has 0 atom stereocenters. The van der Waals surface area contributed by atoms with E-state index < -0.39 is 5.82 Å². The Morgan fingerprint density at radius 2 is 1.25 bits per heavy atom. The normalized spacial score (nSPS) is 13.2. The SMILES string of the molecule is Cc1cc(-c2cc(F)c3c4c(cccc24)-c2nc(SC#N)c(SC#N)nc2-3)ccc1-c1ccc(N2c3ccccc3C(C)(C)c3ccccc32)cc1C. The van der Waals surface area contributed by atoms with Gasteiger partial charge in [-0.3, -0.25) is 0 Å². The van der Waals surface area contributed by atoms with E-state index in [0.29, 0.717) is 27.0 Å². The summed E-state index contributed by atoms with van der Waals surface area (Å²) in [6.07, 6.45) is 0. The average molecular weight is 724 g/mol. The second kappa shape index (κ2) is 12.3. The van der Waals surface area contributed by atoms with Crippen LogP contribution in [0.25, 0.3) is 55.5 Å². The molecular weight excluding hydrogens is 694 g/mol. The molecule has 9 rings (SSSR count). The highest BCUT2D eigenvalue weighted by molar-refractivity contribution is 8.06. The van der Waals surface area contributed by atoms with Gasteiger partial charge in [0.2, 0.25) is 0 Å². The second-order valence-electron chi connectivity index (χ2n) is 14.0. The number of fused-ring (bicyclic) bond motifs is 5. The summed E-state index contributed by atoms with van der Waals surface area (Å²) in [6, 6.07) is 37.8. The van der Waals surface area contributed by atoms with Crippen LogP contribution in [0, 0.1) is 41.0 Å². The minimum absolute atomic E-state index is 0.120. The predicted octanol–water partition coefficient (Wildman–Crippen LogP) is 12.6.